The van der Waals surface area contributed by atoms with Gasteiger partial charge in [0.25, 0.3) is 0 Å². The lowest BCUT2D eigenvalue weighted by Gasteiger charge is -2.06. The van der Waals surface area contributed by atoms with Crippen LogP contribution in [0, 0.1) is 19.8 Å². The largest absolute Gasteiger partial charge is 0.384 e. The topological polar surface area (TPSA) is 93.8 Å². The lowest BCUT2D eigenvalue weighted by Crippen LogP contribution is -2.15. The third kappa shape index (κ3) is 2.99. The van der Waals surface area contributed by atoms with Crippen LogP contribution >= 0.6 is 0 Å². The van der Waals surface area contributed by atoms with E-state index in [4.69, 9.17) is 5.73 Å². The van der Waals surface area contributed by atoms with Crippen LogP contribution in [0.2, 0.25) is 0 Å². The number of rotatable bonds is 3. The Labute approximate surface area is 122 Å². The van der Waals surface area contributed by atoms with Gasteiger partial charge in [0.15, 0.2) is 0 Å². The molecule has 0 saturated heterocycles. The molecule has 108 valence electrons. The van der Waals surface area contributed by atoms with E-state index in [9.17, 15) is 4.79 Å². The number of anilines is 2. The minimum absolute atomic E-state index is 0.0184. The average Bonchev–Trinajstić information content (AvgIpc) is 3.17. The number of hydrogen-bond donors (Lipinski definition) is 2. The van der Waals surface area contributed by atoms with E-state index in [0.29, 0.717) is 11.5 Å². The first-order chi connectivity index (χ1) is 10.0. The normalized spacial score (nSPS) is 20.1. The molecule has 1 amide bonds. The molecule has 2 aromatic rings. The number of nitrogen functional groups attached to an aromatic ring is 1. The predicted molar refractivity (Wildman–Crippen MR) is 79.6 cm³/mol. The lowest BCUT2D eigenvalue weighted by atomic mass is 10.2. The standard InChI is InChI=1S/C15H17N5O/c1-8-3-4-17-14(19-8)11-7-12(11)15(21)20-10-5-9(2)18-13(16)6-10/h3-6,11-12H,7H2,1-2H3,(H3,16,18,20,21). The molecule has 0 bridgehead atoms. The molecule has 0 radical (unpaired) electrons. The van der Waals surface area contributed by atoms with E-state index in [2.05, 4.69) is 20.3 Å². The van der Waals surface area contributed by atoms with Crippen molar-refractivity contribution in [3.05, 3.63) is 41.6 Å². The first-order valence-corrected chi connectivity index (χ1v) is 6.87. The van der Waals surface area contributed by atoms with Gasteiger partial charge in [0, 0.05) is 41.2 Å². The van der Waals surface area contributed by atoms with Gasteiger partial charge in [-0.1, -0.05) is 0 Å². The van der Waals surface area contributed by atoms with Crippen molar-refractivity contribution in [1.29, 1.82) is 0 Å². The van der Waals surface area contributed by atoms with E-state index in [1.807, 2.05) is 19.9 Å². The van der Waals surface area contributed by atoms with E-state index >= 15 is 0 Å². The first-order valence-electron chi connectivity index (χ1n) is 6.87. The number of aryl methyl sites for hydroxylation is 2. The summed E-state index contributed by atoms with van der Waals surface area (Å²) in [5.74, 6) is 1.18. The Kier molecular flexibility index (Phi) is 3.29. The van der Waals surface area contributed by atoms with Crippen molar-refractivity contribution in [3.63, 3.8) is 0 Å². The highest BCUT2D eigenvalue weighted by atomic mass is 16.2. The third-order valence-corrected chi connectivity index (χ3v) is 3.51. The van der Waals surface area contributed by atoms with Crippen LogP contribution in [-0.4, -0.2) is 20.9 Å². The van der Waals surface area contributed by atoms with Crippen LogP contribution in [0.1, 0.15) is 29.6 Å². The second kappa shape index (κ2) is 5.12. The van der Waals surface area contributed by atoms with Gasteiger partial charge >= 0.3 is 0 Å². The molecule has 2 atom stereocenters. The minimum Gasteiger partial charge on any atom is -0.384 e. The molecule has 3 N–H and O–H groups in total. The molecule has 21 heavy (non-hydrogen) atoms. The maximum absolute atomic E-state index is 12.2. The number of nitrogens with two attached hydrogens (primary N) is 1. The van der Waals surface area contributed by atoms with Crippen molar-refractivity contribution in [2.24, 2.45) is 5.92 Å². The Bertz CT molecular complexity index is 680. The average molecular weight is 283 g/mol. The summed E-state index contributed by atoms with van der Waals surface area (Å²) in [6.07, 6.45) is 2.52. The zero-order valence-corrected chi connectivity index (χ0v) is 12.0. The van der Waals surface area contributed by atoms with Gasteiger partial charge in [-0.2, -0.15) is 0 Å². The molecule has 3 rings (SSSR count). The number of pyridine rings is 1. The second-order valence-corrected chi connectivity index (χ2v) is 5.42. The Hall–Kier alpha value is -2.50. The highest BCUT2D eigenvalue weighted by Crippen LogP contribution is 2.46. The van der Waals surface area contributed by atoms with E-state index in [0.717, 1.165) is 23.6 Å². The second-order valence-electron chi connectivity index (χ2n) is 5.42. The first kappa shape index (κ1) is 13.5. The van der Waals surface area contributed by atoms with Crippen LogP contribution in [0.15, 0.2) is 24.4 Å². The van der Waals surface area contributed by atoms with Crippen LogP contribution in [0.4, 0.5) is 11.5 Å². The summed E-state index contributed by atoms with van der Waals surface area (Å²) >= 11 is 0. The van der Waals surface area contributed by atoms with Gasteiger partial charge in [0.2, 0.25) is 5.91 Å². The van der Waals surface area contributed by atoms with Gasteiger partial charge in [-0.15, -0.1) is 0 Å². The quantitative estimate of drug-likeness (QED) is 0.896. The summed E-state index contributed by atoms with van der Waals surface area (Å²) < 4.78 is 0. The van der Waals surface area contributed by atoms with E-state index < -0.39 is 0 Å². The molecule has 0 spiro atoms. The molecule has 1 fully saturated rings. The molecular formula is C15H17N5O. The van der Waals surface area contributed by atoms with Gasteiger partial charge in [0.05, 0.1) is 0 Å². The Morgan fingerprint density at radius 3 is 2.81 bits per heavy atom. The SMILES string of the molecule is Cc1cc(NC(=O)C2CC2c2nccc(C)n2)cc(N)n1. The molecule has 6 heteroatoms. The smallest absolute Gasteiger partial charge is 0.228 e. The van der Waals surface area contributed by atoms with Crippen LogP contribution < -0.4 is 11.1 Å². The lowest BCUT2D eigenvalue weighted by molar-refractivity contribution is -0.117. The van der Waals surface area contributed by atoms with Gasteiger partial charge < -0.3 is 11.1 Å². The van der Waals surface area contributed by atoms with Gasteiger partial charge in [-0.25, -0.2) is 15.0 Å². The number of carbonyl (C=O) groups is 1. The highest BCUT2D eigenvalue weighted by molar-refractivity contribution is 5.95. The van der Waals surface area contributed by atoms with Crippen LogP contribution in [0.5, 0.6) is 0 Å². The summed E-state index contributed by atoms with van der Waals surface area (Å²) in [7, 11) is 0. The molecule has 0 aliphatic heterocycles. The minimum atomic E-state index is -0.0681. The Morgan fingerprint density at radius 2 is 2.10 bits per heavy atom. The number of aromatic nitrogens is 3. The summed E-state index contributed by atoms with van der Waals surface area (Å²) in [6.45, 7) is 3.76. The van der Waals surface area contributed by atoms with Crippen LogP contribution in [0.3, 0.4) is 0 Å². The molecule has 2 unspecified atom stereocenters. The number of nitrogens with zero attached hydrogens (tertiary/aromatic N) is 3. The van der Waals surface area contributed by atoms with Crippen molar-refractivity contribution < 1.29 is 4.79 Å². The van der Waals surface area contributed by atoms with Crippen LogP contribution in [0.25, 0.3) is 0 Å². The molecule has 1 aliphatic carbocycles. The molecule has 6 nitrogen and oxygen atoms in total. The van der Waals surface area contributed by atoms with Gasteiger partial charge in [0.1, 0.15) is 11.6 Å². The van der Waals surface area contributed by atoms with Crippen molar-refractivity contribution >= 4 is 17.4 Å². The van der Waals surface area contributed by atoms with Gasteiger partial charge in [-0.05, 0) is 32.4 Å². The van der Waals surface area contributed by atoms with Gasteiger partial charge in [-0.3, -0.25) is 4.79 Å². The van der Waals surface area contributed by atoms with E-state index in [-0.39, 0.29) is 17.7 Å². The Morgan fingerprint density at radius 1 is 1.29 bits per heavy atom. The van der Waals surface area contributed by atoms with Crippen molar-refractivity contribution in [1.82, 2.24) is 15.0 Å². The number of amides is 1. The molecule has 2 heterocycles. The molecular weight excluding hydrogens is 266 g/mol. The molecule has 0 aromatic carbocycles. The van der Waals surface area contributed by atoms with Crippen molar-refractivity contribution in [2.45, 2.75) is 26.2 Å². The third-order valence-electron chi connectivity index (χ3n) is 3.51. The zero-order chi connectivity index (χ0) is 15.0. The summed E-state index contributed by atoms with van der Waals surface area (Å²) in [5, 5.41) is 2.89. The fourth-order valence-electron chi connectivity index (χ4n) is 2.42. The Balaban J connectivity index is 1.68. The number of hydrogen-bond acceptors (Lipinski definition) is 5. The number of nitrogens with one attached hydrogen (secondary N) is 1. The fraction of sp³-hybridized carbons (Fsp3) is 0.333. The monoisotopic (exact) mass is 283 g/mol. The molecule has 1 saturated carbocycles. The summed E-state index contributed by atoms with van der Waals surface area (Å²) in [5.41, 5.74) is 8.06. The fourth-order valence-corrected chi connectivity index (χ4v) is 2.42. The summed E-state index contributed by atoms with van der Waals surface area (Å²) in [6, 6.07) is 5.31. The highest BCUT2D eigenvalue weighted by Gasteiger charge is 2.46. The maximum Gasteiger partial charge on any atom is 0.228 e. The van der Waals surface area contributed by atoms with Crippen LogP contribution in [-0.2, 0) is 4.79 Å². The zero-order valence-electron chi connectivity index (χ0n) is 12.0. The maximum atomic E-state index is 12.2. The van der Waals surface area contributed by atoms with E-state index in [1.165, 1.54) is 0 Å². The predicted octanol–water partition coefficient (Wildman–Crippen LogP) is 1.81. The molecule has 1 aliphatic rings. The number of carbonyl (C=O) groups excluding carboxylic acids is 1. The summed E-state index contributed by atoms with van der Waals surface area (Å²) in [4.78, 5) is 24.9. The van der Waals surface area contributed by atoms with E-state index in [1.54, 1.807) is 18.3 Å². The van der Waals surface area contributed by atoms with Crippen molar-refractivity contribution in [2.75, 3.05) is 11.1 Å². The van der Waals surface area contributed by atoms with Crippen molar-refractivity contribution in [3.8, 4) is 0 Å². The molecule has 2 aromatic heterocycles.